The fourth-order valence-corrected chi connectivity index (χ4v) is 3.32. The Hall–Kier alpha value is -3.16. The Labute approximate surface area is 177 Å². The van der Waals surface area contributed by atoms with Crippen molar-refractivity contribution >= 4 is 17.7 Å². The summed E-state index contributed by atoms with van der Waals surface area (Å²) in [7, 11) is 1.67. The van der Waals surface area contributed by atoms with E-state index in [9.17, 15) is 9.18 Å². The molecular weight excluding hydrogens is 383 g/mol. The fourth-order valence-electron chi connectivity index (χ4n) is 3.32. The van der Waals surface area contributed by atoms with Crippen molar-refractivity contribution in [3.8, 4) is 0 Å². The number of amides is 1. The van der Waals surface area contributed by atoms with E-state index in [1.165, 1.54) is 6.07 Å². The van der Waals surface area contributed by atoms with E-state index in [4.69, 9.17) is 0 Å². The first-order valence-electron chi connectivity index (χ1n) is 10.2. The van der Waals surface area contributed by atoms with Gasteiger partial charge in [-0.2, -0.15) is 0 Å². The number of carbonyl (C=O) groups excluding carboxylic acids is 1. The Balaban J connectivity index is 1.37. The molecule has 2 N–H and O–H groups in total. The van der Waals surface area contributed by atoms with Crippen LogP contribution in [0.3, 0.4) is 0 Å². The summed E-state index contributed by atoms with van der Waals surface area (Å²) in [5.74, 6) is 1.45. The second kappa shape index (κ2) is 10.6. The molecule has 1 aliphatic heterocycles. The second-order valence-corrected chi connectivity index (χ2v) is 7.24. The van der Waals surface area contributed by atoms with E-state index in [1.807, 2.05) is 29.2 Å². The molecule has 160 valence electrons. The third kappa shape index (κ3) is 5.92. The van der Waals surface area contributed by atoms with Crippen LogP contribution >= 0.6 is 0 Å². The lowest BCUT2D eigenvalue weighted by Gasteiger charge is -2.35. The lowest BCUT2D eigenvalue weighted by atomic mass is 10.1. The van der Waals surface area contributed by atoms with Crippen molar-refractivity contribution in [1.82, 2.24) is 20.5 Å². The standard InChI is InChI=1S/C22H29FN6O/c1-17-6-7-18(15-19(17)23)16-27-22(24-2)26-10-8-21(30)29-13-11-28(12-14-29)20-5-3-4-9-25-20/h3-7,9,15H,8,10-14,16H2,1-2H3,(H2,24,26,27). The van der Waals surface area contributed by atoms with Crippen molar-refractivity contribution in [3.05, 3.63) is 59.5 Å². The number of hydrogen-bond donors (Lipinski definition) is 2. The molecule has 7 nitrogen and oxygen atoms in total. The highest BCUT2D eigenvalue weighted by molar-refractivity contribution is 5.81. The zero-order valence-corrected chi connectivity index (χ0v) is 17.6. The first-order chi connectivity index (χ1) is 14.6. The first-order valence-corrected chi connectivity index (χ1v) is 10.2. The molecule has 0 spiro atoms. The number of aryl methyl sites for hydroxylation is 1. The number of pyridine rings is 1. The highest BCUT2D eigenvalue weighted by atomic mass is 19.1. The maximum Gasteiger partial charge on any atom is 0.224 e. The lowest BCUT2D eigenvalue weighted by molar-refractivity contribution is -0.131. The average molecular weight is 413 g/mol. The van der Waals surface area contributed by atoms with Crippen LogP contribution in [0.4, 0.5) is 10.2 Å². The number of nitrogens with one attached hydrogen (secondary N) is 2. The summed E-state index contributed by atoms with van der Waals surface area (Å²) in [6, 6.07) is 11.0. The molecule has 0 bridgehead atoms. The Bertz CT molecular complexity index is 865. The Kier molecular flexibility index (Phi) is 7.59. The molecule has 1 aromatic carbocycles. The van der Waals surface area contributed by atoms with Gasteiger partial charge < -0.3 is 20.4 Å². The molecule has 0 unspecified atom stereocenters. The van der Waals surface area contributed by atoms with Gasteiger partial charge in [0.15, 0.2) is 5.96 Å². The van der Waals surface area contributed by atoms with Gasteiger partial charge in [-0.05, 0) is 36.2 Å². The molecule has 1 saturated heterocycles. The molecule has 0 radical (unpaired) electrons. The SMILES string of the molecule is CN=C(NCCC(=O)N1CCN(c2ccccn2)CC1)NCc1ccc(C)c(F)c1. The van der Waals surface area contributed by atoms with Crippen molar-refractivity contribution in [1.29, 1.82) is 0 Å². The summed E-state index contributed by atoms with van der Waals surface area (Å²) < 4.78 is 13.7. The Morgan fingerprint density at radius 2 is 1.97 bits per heavy atom. The lowest BCUT2D eigenvalue weighted by Crippen LogP contribution is -2.49. The molecule has 2 heterocycles. The Morgan fingerprint density at radius 3 is 2.63 bits per heavy atom. The molecular formula is C22H29FN6O. The van der Waals surface area contributed by atoms with Gasteiger partial charge in [0.1, 0.15) is 11.6 Å². The topological polar surface area (TPSA) is 72.9 Å². The minimum atomic E-state index is -0.217. The fraction of sp³-hybridized carbons (Fsp3) is 0.409. The van der Waals surface area contributed by atoms with Crippen LogP contribution in [0.25, 0.3) is 0 Å². The van der Waals surface area contributed by atoms with Crippen molar-refractivity contribution in [2.45, 2.75) is 19.9 Å². The molecule has 30 heavy (non-hydrogen) atoms. The average Bonchev–Trinajstić information content (AvgIpc) is 2.79. The summed E-state index contributed by atoms with van der Waals surface area (Å²) in [5.41, 5.74) is 1.46. The maximum absolute atomic E-state index is 13.7. The smallest absolute Gasteiger partial charge is 0.224 e. The van der Waals surface area contributed by atoms with E-state index in [-0.39, 0.29) is 11.7 Å². The molecule has 2 aromatic rings. The van der Waals surface area contributed by atoms with Crippen LogP contribution in [0.15, 0.2) is 47.6 Å². The molecule has 0 aliphatic carbocycles. The van der Waals surface area contributed by atoms with Gasteiger partial charge in [-0.1, -0.05) is 18.2 Å². The van der Waals surface area contributed by atoms with E-state index in [0.29, 0.717) is 44.1 Å². The van der Waals surface area contributed by atoms with Crippen molar-refractivity contribution in [2.75, 3.05) is 44.7 Å². The number of nitrogens with zero attached hydrogens (tertiary/aromatic N) is 4. The predicted octanol–water partition coefficient (Wildman–Crippen LogP) is 1.93. The Morgan fingerprint density at radius 1 is 1.17 bits per heavy atom. The summed E-state index contributed by atoms with van der Waals surface area (Å²) >= 11 is 0. The van der Waals surface area contributed by atoms with Gasteiger partial charge in [0.25, 0.3) is 0 Å². The van der Waals surface area contributed by atoms with Crippen LogP contribution in [0.1, 0.15) is 17.5 Å². The number of piperazine rings is 1. The van der Waals surface area contributed by atoms with Gasteiger partial charge >= 0.3 is 0 Å². The largest absolute Gasteiger partial charge is 0.356 e. The molecule has 8 heteroatoms. The number of aliphatic imine (C=N–C) groups is 1. The molecule has 1 amide bonds. The molecule has 0 saturated carbocycles. The number of aromatic nitrogens is 1. The number of halogens is 1. The van der Waals surface area contributed by atoms with Gasteiger partial charge in [-0.25, -0.2) is 9.37 Å². The summed E-state index contributed by atoms with van der Waals surface area (Å²) in [4.78, 5) is 25.1. The van der Waals surface area contributed by atoms with E-state index >= 15 is 0 Å². The van der Waals surface area contributed by atoms with Gasteiger partial charge in [0, 0.05) is 58.9 Å². The zero-order chi connectivity index (χ0) is 21.3. The number of benzene rings is 1. The van der Waals surface area contributed by atoms with Gasteiger partial charge in [-0.3, -0.25) is 9.79 Å². The molecule has 3 rings (SSSR count). The minimum Gasteiger partial charge on any atom is -0.356 e. The van der Waals surface area contributed by atoms with Crippen LogP contribution < -0.4 is 15.5 Å². The molecule has 1 aliphatic rings. The van der Waals surface area contributed by atoms with Gasteiger partial charge in [0.05, 0.1) is 0 Å². The highest BCUT2D eigenvalue weighted by Crippen LogP contribution is 2.13. The summed E-state index contributed by atoms with van der Waals surface area (Å²) in [5, 5.41) is 6.29. The van der Waals surface area contributed by atoms with E-state index < -0.39 is 0 Å². The minimum absolute atomic E-state index is 0.124. The molecule has 1 aromatic heterocycles. The normalized spacial score (nSPS) is 14.6. The summed E-state index contributed by atoms with van der Waals surface area (Å²) in [6.45, 7) is 5.64. The van der Waals surface area contributed by atoms with Crippen molar-refractivity contribution < 1.29 is 9.18 Å². The quantitative estimate of drug-likeness (QED) is 0.560. The van der Waals surface area contributed by atoms with E-state index in [2.05, 4.69) is 25.5 Å². The van der Waals surface area contributed by atoms with E-state index in [1.54, 1.807) is 26.2 Å². The van der Waals surface area contributed by atoms with Gasteiger partial charge in [0.2, 0.25) is 5.91 Å². The number of carbonyl (C=O) groups is 1. The van der Waals surface area contributed by atoms with Crippen LogP contribution in [-0.4, -0.2) is 61.5 Å². The third-order valence-corrected chi connectivity index (χ3v) is 5.16. The molecule has 0 atom stereocenters. The van der Waals surface area contributed by atoms with Crippen LogP contribution in [0.2, 0.25) is 0 Å². The van der Waals surface area contributed by atoms with Gasteiger partial charge in [-0.15, -0.1) is 0 Å². The molecule has 1 fully saturated rings. The zero-order valence-electron chi connectivity index (χ0n) is 17.6. The number of rotatable bonds is 6. The van der Waals surface area contributed by atoms with Crippen LogP contribution in [0.5, 0.6) is 0 Å². The maximum atomic E-state index is 13.7. The number of hydrogen-bond acceptors (Lipinski definition) is 4. The second-order valence-electron chi connectivity index (χ2n) is 7.24. The van der Waals surface area contributed by atoms with Crippen molar-refractivity contribution in [3.63, 3.8) is 0 Å². The number of guanidine groups is 1. The third-order valence-electron chi connectivity index (χ3n) is 5.16. The summed E-state index contributed by atoms with van der Waals surface area (Å²) in [6.07, 6.45) is 2.18. The van der Waals surface area contributed by atoms with Crippen molar-refractivity contribution in [2.24, 2.45) is 4.99 Å². The predicted molar refractivity (Wildman–Crippen MR) is 117 cm³/mol. The van der Waals surface area contributed by atoms with Crippen LogP contribution in [0, 0.1) is 12.7 Å². The monoisotopic (exact) mass is 412 g/mol. The van der Waals surface area contributed by atoms with Crippen LogP contribution in [-0.2, 0) is 11.3 Å². The number of anilines is 1. The highest BCUT2D eigenvalue weighted by Gasteiger charge is 2.21. The first kappa shape index (κ1) is 21.5. The van der Waals surface area contributed by atoms with E-state index in [0.717, 1.165) is 24.5 Å².